The zero-order chi connectivity index (χ0) is 24.5. The van der Waals surface area contributed by atoms with E-state index in [-0.39, 0.29) is 36.1 Å². The summed E-state index contributed by atoms with van der Waals surface area (Å²) in [6.07, 6.45) is 0.548. The highest BCUT2D eigenvalue weighted by molar-refractivity contribution is 6.07. The summed E-state index contributed by atoms with van der Waals surface area (Å²) in [6, 6.07) is 2.82. The number of aryl methyl sites for hydroxylation is 1. The average Bonchev–Trinajstić information content (AvgIpc) is 3.33. The van der Waals surface area contributed by atoms with Crippen LogP contribution in [-0.4, -0.2) is 35.5 Å². The summed E-state index contributed by atoms with van der Waals surface area (Å²) in [6.45, 7) is 2.38. The molecule has 184 valence electrons. The van der Waals surface area contributed by atoms with Crippen molar-refractivity contribution < 1.29 is 31.9 Å². The number of urea groups is 1. The molecule has 1 aromatic carbocycles. The van der Waals surface area contributed by atoms with Crippen LogP contribution in [0.25, 0.3) is 11.0 Å². The van der Waals surface area contributed by atoms with Gasteiger partial charge in [0.2, 0.25) is 0 Å². The van der Waals surface area contributed by atoms with E-state index in [2.05, 4.69) is 5.32 Å². The zero-order valence-corrected chi connectivity index (χ0v) is 18.9. The molecule has 2 heterocycles. The number of amides is 3. The Morgan fingerprint density at radius 2 is 1.88 bits per heavy atom. The van der Waals surface area contributed by atoms with Gasteiger partial charge in [-0.15, -0.1) is 0 Å². The van der Waals surface area contributed by atoms with Gasteiger partial charge < -0.3 is 14.5 Å². The van der Waals surface area contributed by atoms with Crippen LogP contribution < -0.4 is 15.7 Å². The number of carbonyl (C=O) groups is 2. The van der Waals surface area contributed by atoms with E-state index in [9.17, 15) is 27.6 Å². The van der Waals surface area contributed by atoms with Crippen molar-refractivity contribution in [3.63, 3.8) is 0 Å². The van der Waals surface area contributed by atoms with Crippen LogP contribution in [0.4, 0.5) is 18.0 Å². The van der Waals surface area contributed by atoms with Crippen molar-refractivity contribution in [1.82, 2.24) is 10.2 Å². The van der Waals surface area contributed by atoms with Crippen LogP contribution in [0.1, 0.15) is 63.0 Å². The summed E-state index contributed by atoms with van der Waals surface area (Å²) in [4.78, 5) is 38.0. The minimum Gasteiger partial charge on any atom is -0.493 e. The summed E-state index contributed by atoms with van der Waals surface area (Å²) in [5.41, 5.74) is -2.52. The quantitative estimate of drug-likeness (QED) is 0.334. The molecule has 0 bridgehead atoms. The standard InChI is InChI=1S/C24H27F3N2O5/c1-2-7-16-18(9-8-15-17(24(25,26)27)14-19(30)34-20(15)16)33-13-6-5-12-29-21(31)23(28-22(29)32)10-3-4-11-23/h8-9,14H,2-7,10-13H2,1H3,(H,28,32). The summed E-state index contributed by atoms with van der Waals surface area (Å²) in [7, 11) is 0. The number of imide groups is 1. The Balaban J connectivity index is 1.42. The lowest BCUT2D eigenvalue weighted by Gasteiger charge is -2.20. The van der Waals surface area contributed by atoms with Gasteiger partial charge in [-0.3, -0.25) is 9.69 Å². The Kier molecular flexibility index (Phi) is 6.60. The lowest BCUT2D eigenvalue weighted by atomic mass is 9.98. The number of halogens is 3. The second-order valence-electron chi connectivity index (χ2n) is 8.88. The van der Waals surface area contributed by atoms with Gasteiger partial charge in [-0.2, -0.15) is 13.2 Å². The van der Waals surface area contributed by atoms with Gasteiger partial charge >= 0.3 is 17.8 Å². The van der Waals surface area contributed by atoms with E-state index in [0.717, 1.165) is 12.8 Å². The van der Waals surface area contributed by atoms with Gasteiger partial charge in [0.25, 0.3) is 5.91 Å². The second-order valence-corrected chi connectivity index (χ2v) is 8.88. The maximum absolute atomic E-state index is 13.4. The molecule has 2 aromatic rings. The molecule has 1 saturated heterocycles. The first kappa shape index (κ1) is 24.1. The van der Waals surface area contributed by atoms with Crippen LogP contribution in [0.15, 0.2) is 27.4 Å². The molecule has 3 amide bonds. The lowest BCUT2D eigenvalue weighted by Crippen LogP contribution is -2.44. The number of fused-ring (bicyclic) bond motifs is 1. The van der Waals surface area contributed by atoms with E-state index in [1.807, 2.05) is 6.92 Å². The van der Waals surface area contributed by atoms with E-state index >= 15 is 0 Å². The van der Waals surface area contributed by atoms with Gasteiger partial charge in [0, 0.05) is 23.6 Å². The molecule has 0 atom stereocenters. The molecule has 34 heavy (non-hydrogen) atoms. The fourth-order valence-corrected chi connectivity index (χ4v) is 4.87. The van der Waals surface area contributed by atoms with Crippen LogP contribution in [0.3, 0.4) is 0 Å². The first-order valence-electron chi connectivity index (χ1n) is 11.6. The molecule has 0 radical (unpaired) electrons. The number of hydrogen-bond acceptors (Lipinski definition) is 5. The Bertz CT molecular complexity index is 1150. The van der Waals surface area contributed by atoms with Crippen LogP contribution in [0.2, 0.25) is 0 Å². The monoisotopic (exact) mass is 480 g/mol. The fourth-order valence-electron chi connectivity index (χ4n) is 4.87. The van der Waals surface area contributed by atoms with Crippen LogP contribution in [0.5, 0.6) is 5.75 Å². The van der Waals surface area contributed by atoms with Crippen molar-refractivity contribution >= 4 is 22.9 Å². The molecule has 1 aliphatic heterocycles. The summed E-state index contributed by atoms with van der Waals surface area (Å²) >= 11 is 0. The van der Waals surface area contributed by atoms with Gasteiger partial charge in [0.05, 0.1) is 12.2 Å². The van der Waals surface area contributed by atoms with E-state index in [1.54, 1.807) is 0 Å². The highest BCUT2D eigenvalue weighted by atomic mass is 19.4. The topological polar surface area (TPSA) is 88.9 Å². The third-order valence-corrected chi connectivity index (χ3v) is 6.51. The highest BCUT2D eigenvalue weighted by Crippen LogP contribution is 2.38. The molecule has 1 N–H and O–H groups in total. The molecular weight excluding hydrogens is 453 g/mol. The first-order chi connectivity index (χ1) is 16.2. The van der Waals surface area contributed by atoms with Crippen molar-refractivity contribution in [3.05, 3.63) is 39.7 Å². The maximum atomic E-state index is 13.4. The maximum Gasteiger partial charge on any atom is 0.417 e. The van der Waals surface area contributed by atoms with Gasteiger partial charge in [0.15, 0.2) is 0 Å². The molecule has 2 aliphatic rings. The average molecular weight is 480 g/mol. The third kappa shape index (κ3) is 4.50. The smallest absolute Gasteiger partial charge is 0.417 e. The lowest BCUT2D eigenvalue weighted by molar-refractivity contribution is -0.136. The molecule has 1 spiro atoms. The predicted molar refractivity (Wildman–Crippen MR) is 118 cm³/mol. The summed E-state index contributed by atoms with van der Waals surface area (Å²) in [5.74, 6) is 0.197. The number of hydrogen-bond donors (Lipinski definition) is 1. The van der Waals surface area contributed by atoms with Gasteiger partial charge in [-0.05, 0) is 44.2 Å². The molecule has 1 aromatic heterocycles. The molecule has 7 nitrogen and oxygen atoms in total. The minimum absolute atomic E-state index is 0.111. The van der Waals surface area contributed by atoms with Gasteiger partial charge in [0.1, 0.15) is 16.9 Å². The molecule has 1 saturated carbocycles. The largest absolute Gasteiger partial charge is 0.493 e. The molecule has 0 unspecified atom stereocenters. The zero-order valence-electron chi connectivity index (χ0n) is 18.9. The Morgan fingerprint density at radius 1 is 1.15 bits per heavy atom. The van der Waals surface area contributed by atoms with Crippen LogP contribution in [-0.2, 0) is 17.4 Å². The number of rotatable bonds is 8. The Labute approximate surface area is 194 Å². The number of nitrogens with one attached hydrogen (secondary N) is 1. The summed E-state index contributed by atoms with van der Waals surface area (Å²) < 4.78 is 51.2. The molecule has 10 heteroatoms. The SMILES string of the molecule is CCCc1c(OCCCCN2C(=O)NC3(CCCC3)C2=O)ccc2c(C(F)(F)F)cc(=O)oc12. The van der Waals surface area contributed by atoms with E-state index < -0.39 is 22.9 Å². The number of nitrogens with zero attached hydrogens (tertiary/aromatic N) is 1. The molecule has 2 fully saturated rings. The third-order valence-electron chi connectivity index (χ3n) is 6.51. The fraction of sp³-hybridized carbons (Fsp3) is 0.542. The normalized spacial score (nSPS) is 17.7. The van der Waals surface area contributed by atoms with E-state index in [0.29, 0.717) is 55.9 Å². The minimum atomic E-state index is -4.68. The van der Waals surface area contributed by atoms with Crippen LogP contribution in [0, 0.1) is 0 Å². The van der Waals surface area contributed by atoms with Crippen molar-refractivity contribution in [3.8, 4) is 5.75 Å². The summed E-state index contributed by atoms with van der Waals surface area (Å²) in [5, 5.41) is 2.67. The second kappa shape index (κ2) is 9.31. The van der Waals surface area contributed by atoms with Crippen molar-refractivity contribution in [2.24, 2.45) is 0 Å². The van der Waals surface area contributed by atoms with Crippen molar-refractivity contribution in [1.29, 1.82) is 0 Å². The number of benzene rings is 1. The predicted octanol–water partition coefficient (Wildman–Crippen LogP) is 4.79. The number of ether oxygens (including phenoxy) is 1. The van der Waals surface area contributed by atoms with Gasteiger partial charge in [-0.25, -0.2) is 9.59 Å². The first-order valence-corrected chi connectivity index (χ1v) is 11.6. The molecular formula is C24H27F3N2O5. The number of carbonyl (C=O) groups excluding carboxylic acids is 2. The Hall–Kier alpha value is -3.04. The van der Waals surface area contributed by atoms with Crippen molar-refractivity contribution in [2.75, 3.05) is 13.2 Å². The van der Waals surface area contributed by atoms with Gasteiger partial charge in [-0.1, -0.05) is 26.2 Å². The number of unbranched alkanes of at least 4 members (excludes halogenated alkanes) is 1. The highest BCUT2D eigenvalue weighted by Gasteiger charge is 2.52. The van der Waals surface area contributed by atoms with Crippen LogP contribution >= 0.6 is 0 Å². The van der Waals surface area contributed by atoms with E-state index in [4.69, 9.17) is 9.15 Å². The van der Waals surface area contributed by atoms with Crippen molar-refractivity contribution in [2.45, 2.75) is 70.0 Å². The molecule has 1 aliphatic carbocycles. The molecule has 4 rings (SSSR count). The Morgan fingerprint density at radius 3 is 2.56 bits per heavy atom. The van der Waals surface area contributed by atoms with E-state index in [1.165, 1.54) is 17.0 Å². The number of alkyl halides is 3.